The SMILES string of the molecule is Cc1c(Cl)nnc(OCC2CCOCC2)c1C. The zero-order valence-electron chi connectivity index (χ0n) is 10.2. The average molecular weight is 257 g/mol. The summed E-state index contributed by atoms with van der Waals surface area (Å²) in [6, 6.07) is 0. The van der Waals surface area contributed by atoms with Crippen LogP contribution in [0.4, 0.5) is 0 Å². The van der Waals surface area contributed by atoms with Crippen LogP contribution in [-0.2, 0) is 4.74 Å². The largest absolute Gasteiger partial charge is 0.476 e. The number of aromatic nitrogens is 2. The summed E-state index contributed by atoms with van der Waals surface area (Å²) in [5.41, 5.74) is 1.90. The fourth-order valence-corrected chi connectivity index (χ4v) is 1.98. The summed E-state index contributed by atoms with van der Waals surface area (Å²) in [6.45, 7) is 6.22. The van der Waals surface area contributed by atoms with Gasteiger partial charge in [-0.1, -0.05) is 11.6 Å². The second-order valence-corrected chi connectivity index (χ2v) is 4.77. The zero-order valence-corrected chi connectivity index (χ0v) is 11.0. The van der Waals surface area contributed by atoms with Crippen LogP contribution in [-0.4, -0.2) is 30.0 Å². The second-order valence-electron chi connectivity index (χ2n) is 4.41. The highest BCUT2D eigenvalue weighted by atomic mass is 35.5. The van der Waals surface area contributed by atoms with Crippen molar-refractivity contribution < 1.29 is 9.47 Å². The van der Waals surface area contributed by atoms with Crippen molar-refractivity contribution in [2.24, 2.45) is 5.92 Å². The summed E-state index contributed by atoms with van der Waals surface area (Å²) in [5.74, 6) is 1.15. The van der Waals surface area contributed by atoms with Crippen molar-refractivity contribution in [2.45, 2.75) is 26.7 Å². The zero-order chi connectivity index (χ0) is 12.3. The lowest BCUT2D eigenvalue weighted by Crippen LogP contribution is -2.22. The lowest BCUT2D eigenvalue weighted by Gasteiger charge is -2.22. The standard InChI is InChI=1S/C12H17ClN2O2/c1-8-9(2)12(15-14-11(8)13)17-7-10-3-5-16-6-4-10/h10H,3-7H2,1-2H3. The molecule has 1 fully saturated rings. The highest BCUT2D eigenvalue weighted by Gasteiger charge is 2.16. The number of rotatable bonds is 3. The Labute approximate surface area is 106 Å². The Balaban J connectivity index is 1.96. The van der Waals surface area contributed by atoms with Crippen LogP contribution in [0.15, 0.2) is 0 Å². The molecule has 0 spiro atoms. The van der Waals surface area contributed by atoms with E-state index in [1.165, 1.54) is 0 Å². The van der Waals surface area contributed by atoms with Gasteiger partial charge in [-0.05, 0) is 38.2 Å². The molecular weight excluding hydrogens is 240 g/mol. The van der Waals surface area contributed by atoms with Crippen molar-refractivity contribution in [1.29, 1.82) is 0 Å². The first-order chi connectivity index (χ1) is 8.18. The maximum atomic E-state index is 5.89. The maximum absolute atomic E-state index is 5.89. The predicted octanol–water partition coefficient (Wildman–Crippen LogP) is 2.55. The van der Waals surface area contributed by atoms with Crippen molar-refractivity contribution in [2.75, 3.05) is 19.8 Å². The summed E-state index contributed by atoms with van der Waals surface area (Å²) in [4.78, 5) is 0. The smallest absolute Gasteiger partial charge is 0.236 e. The molecule has 0 N–H and O–H groups in total. The Bertz CT molecular complexity index is 392. The number of hydrogen-bond donors (Lipinski definition) is 0. The predicted molar refractivity (Wildman–Crippen MR) is 65.6 cm³/mol. The van der Waals surface area contributed by atoms with Crippen LogP contribution >= 0.6 is 11.6 Å². The fraction of sp³-hybridized carbons (Fsp3) is 0.667. The van der Waals surface area contributed by atoms with Crippen LogP contribution in [0, 0.1) is 19.8 Å². The van der Waals surface area contributed by atoms with Crippen molar-refractivity contribution in [3.8, 4) is 5.88 Å². The van der Waals surface area contributed by atoms with E-state index in [1.54, 1.807) is 0 Å². The summed E-state index contributed by atoms with van der Waals surface area (Å²) in [5, 5.41) is 8.30. The molecule has 0 radical (unpaired) electrons. The monoisotopic (exact) mass is 256 g/mol. The first kappa shape index (κ1) is 12.6. The number of hydrogen-bond acceptors (Lipinski definition) is 4. The van der Waals surface area contributed by atoms with Gasteiger partial charge in [0.15, 0.2) is 5.15 Å². The third-order valence-corrected chi connectivity index (χ3v) is 3.58. The molecule has 17 heavy (non-hydrogen) atoms. The molecule has 0 unspecified atom stereocenters. The summed E-state index contributed by atoms with van der Waals surface area (Å²) in [6.07, 6.45) is 2.11. The Morgan fingerprint density at radius 3 is 2.65 bits per heavy atom. The number of halogens is 1. The van der Waals surface area contributed by atoms with Gasteiger partial charge in [0.05, 0.1) is 6.61 Å². The van der Waals surface area contributed by atoms with E-state index in [2.05, 4.69) is 10.2 Å². The van der Waals surface area contributed by atoms with E-state index in [-0.39, 0.29) is 0 Å². The van der Waals surface area contributed by atoms with Gasteiger partial charge in [-0.2, -0.15) is 0 Å². The van der Waals surface area contributed by atoms with E-state index in [9.17, 15) is 0 Å². The van der Waals surface area contributed by atoms with Gasteiger partial charge in [0.2, 0.25) is 5.88 Å². The normalized spacial score (nSPS) is 17.1. The molecule has 1 aromatic heterocycles. The van der Waals surface area contributed by atoms with Crippen molar-refractivity contribution in [3.63, 3.8) is 0 Å². The third kappa shape index (κ3) is 3.07. The van der Waals surface area contributed by atoms with Crippen molar-refractivity contribution in [1.82, 2.24) is 10.2 Å². The van der Waals surface area contributed by atoms with E-state index in [0.29, 0.717) is 23.6 Å². The molecule has 4 nitrogen and oxygen atoms in total. The van der Waals surface area contributed by atoms with Gasteiger partial charge in [-0.3, -0.25) is 0 Å². The van der Waals surface area contributed by atoms with E-state index in [0.717, 1.165) is 37.2 Å². The fourth-order valence-electron chi connectivity index (χ4n) is 1.80. The summed E-state index contributed by atoms with van der Waals surface area (Å²) < 4.78 is 11.0. The van der Waals surface area contributed by atoms with Crippen LogP contribution in [0.1, 0.15) is 24.0 Å². The van der Waals surface area contributed by atoms with Gasteiger partial charge >= 0.3 is 0 Å². The van der Waals surface area contributed by atoms with Crippen LogP contribution in [0.5, 0.6) is 5.88 Å². The second kappa shape index (κ2) is 5.65. The minimum Gasteiger partial charge on any atom is -0.476 e. The Morgan fingerprint density at radius 2 is 1.94 bits per heavy atom. The molecule has 2 rings (SSSR count). The van der Waals surface area contributed by atoms with Gasteiger partial charge in [0, 0.05) is 18.8 Å². The highest BCUT2D eigenvalue weighted by molar-refractivity contribution is 6.30. The molecule has 1 aliphatic heterocycles. The maximum Gasteiger partial charge on any atom is 0.236 e. The molecule has 94 valence electrons. The van der Waals surface area contributed by atoms with Gasteiger partial charge < -0.3 is 9.47 Å². The minimum absolute atomic E-state index is 0.445. The lowest BCUT2D eigenvalue weighted by atomic mass is 10.0. The van der Waals surface area contributed by atoms with Crippen LogP contribution in [0.3, 0.4) is 0 Å². The molecule has 0 amide bonds. The molecule has 0 aromatic carbocycles. The van der Waals surface area contributed by atoms with Crippen molar-refractivity contribution >= 4 is 11.6 Å². The topological polar surface area (TPSA) is 44.2 Å². The number of nitrogens with zero attached hydrogens (tertiary/aromatic N) is 2. The molecule has 1 aliphatic rings. The lowest BCUT2D eigenvalue weighted by molar-refractivity contribution is 0.0487. The summed E-state index contributed by atoms with van der Waals surface area (Å²) in [7, 11) is 0. The van der Waals surface area contributed by atoms with E-state index in [1.807, 2.05) is 13.8 Å². The van der Waals surface area contributed by atoms with E-state index in [4.69, 9.17) is 21.1 Å². The molecule has 1 aromatic rings. The quantitative estimate of drug-likeness (QED) is 0.834. The molecule has 1 saturated heterocycles. The molecule has 0 aliphatic carbocycles. The van der Waals surface area contributed by atoms with Crippen molar-refractivity contribution in [3.05, 3.63) is 16.3 Å². The van der Waals surface area contributed by atoms with E-state index >= 15 is 0 Å². The third-order valence-electron chi connectivity index (χ3n) is 3.22. The Hall–Kier alpha value is -0.870. The highest BCUT2D eigenvalue weighted by Crippen LogP contribution is 2.23. The Morgan fingerprint density at radius 1 is 1.24 bits per heavy atom. The average Bonchev–Trinajstić information content (AvgIpc) is 2.36. The van der Waals surface area contributed by atoms with Gasteiger partial charge in [-0.25, -0.2) is 0 Å². The van der Waals surface area contributed by atoms with Crippen LogP contribution in [0.2, 0.25) is 5.15 Å². The Kier molecular flexibility index (Phi) is 4.18. The van der Waals surface area contributed by atoms with Gasteiger partial charge in [-0.15, -0.1) is 10.2 Å². The molecule has 2 heterocycles. The molecule has 0 atom stereocenters. The number of ether oxygens (including phenoxy) is 2. The first-order valence-electron chi connectivity index (χ1n) is 5.88. The minimum atomic E-state index is 0.445. The molecular formula is C12H17ClN2O2. The first-order valence-corrected chi connectivity index (χ1v) is 6.26. The van der Waals surface area contributed by atoms with Crippen LogP contribution < -0.4 is 4.74 Å². The van der Waals surface area contributed by atoms with Gasteiger partial charge in [0.1, 0.15) is 0 Å². The van der Waals surface area contributed by atoms with Crippen LogP contribution in [0.25, 0.3) is 0 Å². The summed E-state index contributed by atoms with van der Waals surface area (Å²) >= 11 is 5.89. The van der Waals surface area contributed by atoms with E-state index < -0.39 is 0 Å². The molecule has 5 heteroatoms. The van der Waals surface area contributed by atoms with Gasteiger partial charge in [0.25, 0.3) is 0 Å². The molecule has 0 saturated carbocycles. The molecule has 0 bridgehead atoms.